The summed E-state index contributed by atoms with van der Waals surface area (Å²) in [6.45, 7) is 1.69. The van der Waals surface area contributed by atoms with E-state index < -0.39 is 11.8 Å². The number of rotatable bonds is 4. The average Bonchev–Trinajstić information content (AvgIpc) is 2.38. The maximum Gasteiger partial charge on any atom is 0.408 e. The lowest BCUT2D eigenvalue weighted by Gasteiger charge is -2.28. The van der Waals surface area contributed by atoms with Crippen LogP contribution in [0.1, 0.15) is 18.9 Å². The van der Waals surface area contributed by atoms with Gasteiger partial charge in [-0.15, -0.1) is 0 Å². The van der Waals surface area contributed by atoms with Crippen LogP contribution in [-0.4, -0.2) is 19.0 Å². The van der Waals surface area contributed by atoms with Gasteiger partial charge in [-0.05, 0) is 5.56 Å². The number of nitrogens with two attached hydrogens (primary N) is 1. The van der Waals surface area contributed by atoms with Gasteiger partial charge < -0.3 is 4.74 Å². The summed E-state index contributed by atoms with van der Waals surface area (Å²) in [4.78, 5) is 23.1. The zero-order valence-corrected chi connectivity index (χ0v) is 9.90. The quantitative estimate of drug-likeness (QED) is 0.768. The van der Waals surface area contributed by atoms with E-state index in [1.165, 1.54) is 7.11 Å². The van der Waals surface area contributed by atoms with Crippen LogP contribution in [0.5, 0.6) is 0 Å². The van der Waals surface area contributed by atoms with Gasteiger partial charge in [-0.25, -0.2) is 4.79 Å². The highest BCUT2D eigenvalue weighted by Crippen LogP contribution is 2.18. The van der Waals surface area contributed by atoms with Gasteiger partial charge in [0.05, 0.1) is 7.11 Å². The topological polar surface area (TPSA) is 81.4 Å². The first-order chi connectivity index (χ1) is 8.04. The number of Topliss-reactive ketones (excluding diaryl/α,β-unsaturated/α-hetero) is 1. The molecule has 1 aromatic carbocycles. The summed E-state index contributed by atoms with van der Waals surface area (Å²) >= 11 is 0. The van der Waals surface area contributed by atoms with Crippen molar-refractivity contribution in [1.82, 2.24) is 5.32 Å². The van der Waals surface area contributed by atoms with Crippen LogP contribution in [0, 0.1) is 0 Å². The number of benzene rings is 1. The zero-order valence-electron chi connectivity index (χ0n) is 9.90. The van der Waals surface area contributed by atoms with Crippen LogP contribution < -0.4 is 11.1 Å². The van der Waals surface area contributed by atoms with Crippen LogP contribution in [0.2, 0.25) is 0 Å². The number of nitrogens with one attached hydrogen (secondary N) is 1. The molecular formula is C12H16N2O3. The third-order valence-electron chi connectivity index (χ3n) is 2.47. The highest BCUT2D eigenvalue weighted by atomic mass is 16.5. The average molecular weight is 236 g/mol. The number of carbonyl (C=O) groups is 2. The maximum atomic E-state index is 11.9. The van der Waals surface area contributed by atoms with Crippen molar-refractivity contribution in [2.45, 2.75) is 19.0 Å². The van der Waals surface area contributed by atoms with Crippen molar-refractivity contribution >= 4 is 11.9 Å². The molecule has 0 aliphatic carbocycles. The van der Waals surface area contributed by atoms with Gasteiger partial charge in [0.2, 0.25) is 0 Å². The molecular weight excluding hydrogens is 220 g/mol. The number of ketones is 1. The minimum Gasteiger partial charge on any atom is -0.453 e. The van der Waals surface area contributed by atoms with E-state index in [1.54, 1.807) is 37.3 Å². The Morgan fingerprint density at radius 1 is 1.35 bits per heavy atom. The molecule has 0 unspecified atom stereocenters. The van der Waals surface area contributed by atoms with Crippen LogP contribution in [-0.2, 0) is 15.2 Å². The minimum atomic E-state index is -1.54. The summed E-state index contributed by atoms with van der Waals surface area (Å²) in [7, 11) is 1.22. The molecule has 1 atom stereocenters. The molecule has 1 aromatic rings. The lowest BCUT2D eigenvalue weighted by atomic mass is 9.94. The molecule has 0 bridgehead atoms. The molecule has 1 rings (SSSR count). The van der Waals surface area contributed by atoms with Gasteiger partial charge in [-0.3, -0.25) is 15.8 Å². The Hall–Kier alpha value is -1.88. The van der Waals surface area contributed by atoms with Gasteiger partial charge in [0.1, 0.15) is 0 Å². The van der Waals surface area contributed by atoms with Crippen molar-refractivity contribution in [2.24, 2.45) is 5.73 Å². The largest absolute Gasteiger partial charge is 0.453 e. The van der Waals surface area contributed by atoms with E-state index >= 15 is 0 Å². The van der Waals surface area contributed by atoms with Gasteiger partial charge in [0.25, 0.3) is 0 Å². The summed E-state index contributed by atoms with van der Waals surface area (Å²) in [6.07, 6.45) is -0.520. The van der Waals surface area contributed by atoms with Crippen LogP contribution in [0.15, 0.2) is 30.3 Å². The van der Waals surface area contributed by atoms with Crippen LogP contribution in [0.3, 0.4) is 0 Å². The Morgan fingerprint density at radius 2 is 1.94 bits per heavy atom. The molecule has 17 heavy (non-hydrogen) atoms. The normalized spacial score (nSPS) is 13.6. The molecule has 0 saturated carbocycles. The molecule has 3 N–H and O–H groups in total. The fourth-order valence-electron chi connectivity index (χ4n) is 1.49. The lowest BCUT2D eigenvalue weighted by molar-refractivity contribution is -0.125. The Labute approximate surface area is 99.9 Å². The maximum absolute atomic E-state index is 11.9. The van der Waals surface area contributed by atoms with Gasteiger partial charge in [0.15, 0.2) is 11.4 Å². The molecule has 0 aliphatic rings. The first-order valence-corrected chi connectivity index (χ1v) is 5.28. The second-order valence-electron chi connectivity index (χ2n) is 3.57. The molecule has 1 amide bonds. The van der Waals surface area contributed by atoms with E-state index in [0.29, 0.717) is 5.56 Å². The van der Waals surface area contributed by atoms with Gasteiger partial charge in [-0.1, -0.05) is 37.3 Å². The van der Waals surface area contributed by atoms with Crippen molar-refractivity contribution in [3.8, 4) is 0 Å². The van der Waals surface area contributed by atoms with E-state index in [0.717, 1.165) is 0 Å². The predicted octanol–water partition coefficient (Wildman–Crippen LogP) is 1.13. The van der Waals surface area contributed by atoms with Crippen molar-refractivity contribution in [1.29, 1.82) is 0 Å². The standard InChI is InChI=1S/C12H16N2O3/c1-3-10(15)12(13,14-11(16)17-2)9-7-5-4-6-8-9/h4-8H,3,13H2,1-2H3,(H,14,16)/t12-/m0/s1. The van der Waals surface area contributed by atoms with E-state index in [1.807, 2.05) is 0 Å². The second-order valence-corrected chi connectivity index (χ2v) is 3.57. The monoisotopic (exact) mass is 236 g/mol. The van der Waals surface area contributed by atoms with Crippen molar-refractivity contribution in [2.75, 3.05) is 7.11 Å². The molecule has 5 heteroatoms. The number of carbonyl (C=O) groups excluding carboxylic acids is 2. The number of methoxy groups -OCH3 is 1. The highest BCUT2D eigenvalue weighted by Gasteiger charge is 2.36. The second kappa shape index (κ2) is 5.45. The summed E-state index contributed by atoms with van der Waals surface area (Å²) in [5.74, 6) is -0.283. The Bertz CT molecular complexity index is 405. The Balaban J connectivity index is 3.11. The van der Waals surface area contributed by atoms with Crippen LogP contribution in [0.4, 0.5) is 4.79 Å². The molecule has 0 aromatic heterocycles. The summed E-state index contributed by atoms with van der Waals surface area (Å²) in [5.41, 5.74) is 4.98. The summed E-state index contributed by atoms with van der Waals surface area (Å²) in [6, 6.07) is 8.67. The number of hydrogen-bond donors (Lipinski definition) is 2. The van der Waals surface area contributed by atoms with Gasteiger partial charge >= 0.3 is 6.09 Å². The third-order valence-corrected chi connectivity index (χ3v) is 2.47. The van der Waals surface area contributed by atoms with E-state index in [4.69, 9.17) is 5.73 Å². The molecule has 0 spiro atoms. The molecule has 0 radical (unpaired) electrons. The smallest absolute Gasteiger partial charge is 0.408 e. The number of ether oxygens (including phenoxy) is 1. The number of amides is 1. The van der Waals surface area contributed by atoms with E-state index in [9.17, 15) is 9.59 Å². The number of alkyl carbamates (subject to hydrolysis) is 1. The fraction of sp³-hybridized carbons (Fsp3) is 0.333. The molecule has 0 saturated heterocycles. The fourth-order valence-corrected chi connectivity index (χ4v) is 1.49. The summed E-state index contributed by atoms with van der Waals surface area (Å²) in [5, 5.41) is 2.38. The predicted molar refractivity (Wildman–Crippen MR) is 63.1 cm³/mol. The van der Waals surface area contributed by atoms with Crippen LogP contribution in [0.25, 0.3) is 0 Å². The van der Waals surface area contributed by atoms with E-state index in [-0.39, 0.29) is 12.2 Å². The zero-order chi connectivity index (χ0) is 12.9. The first-order valence-electron chi connectivity index (χ1n) is 5.28. The molecule has 92 valence electrons. The Morgan fingerprint density at radius 3 is 2.41 bits per heavy atom. The summed E-state index contributed by atoms with van der Waals surface area (Å²) < 4.78 is 4.48. The van der Waals surface area contributed by atoms with Crippen molar-refractivity contribution in [3.05, 3.63) is 35.9 Å². The molecule has 0 aliphatic heterocycles. The molecule has 0 heterocycles. The molecule has 5 nitrogen and oxygen atoms in total. The van der Waals surface area contributed by atoms with Crippen molar-refractivity contribution in [3.63, 3.8) is 0 Å². The number of hydrogen-bond acceptors (Lipinski definition) is 4. The SMILES string of the molecule is CCC(=O)[C@@](N)(NC(=O)OC)c1ccccc1. The Kier molecular flexibility index (Phi) is 4.23. The van der Waals surface area contributed by atoms with Gasteiger partial charge in [-0.2, -0.15) is 0 Å². The minimum absolute atomic E-state index is 0.218. The lowest BCUT2D eigenvalue weighted by Crippen LogP contribution is -2.58. The first kappa shape index (κ1) is 13.2. The van der Waals surface area contributed by atoms with Crippen molar-refractivity contribution < 1.29 is 14.3 Å². The highest BCUT2D eigenvalue weighted by molar-refractivity contribution is 5.91. The van der Waals surface area contributed by atoms with Crippen LogP contribution >= 0.6 is 0 Å². The molecule has 0 fully saturated rings. The van der Waals surface area contributed by atoms with E-state index in [2.05, 4.69) is 10.1 Å². The van der Waals surface area contributed by atoms with Gasteiger partial charge in [0, 0.05) is 6.42 Å². The third kappa shape index (κ3) is 2.82.